The van der Waals surface area contributed by atoms with Crippen LogP contribution in [0.1, 0.15) is 46.6 Å². The van der Waals surface area contributed by atoms with Crippen LogP contribution in [0.5, 0.6) is 0 Å². The van der Waals surface area contributed by atoms with Crippen molar-refractivity contribution in [1.29, 1.82) is 0 Å². The summed E-state index contributed by atoms with van der Waals surface area (Å²) in [6.45, 7) is 1.88. The van der Waals surface area contributed by atoms with Crippen LogP contribution in [0, 0.1) is 5.92 Å². The van der Waals surface area contributed by atoms with E-state index in [9.17, 15) is 9.59 Å². The number of nitrogens with zero attached hydrogens (tertiary/aromatic N) is 1. The van der Waals surface area contributed by atoms with Gasteiger partial charge in [0.2, 0.25) is 0 Å². The van der Waals surface area contributed by atoms with E-state index in [4.69, 9.17) is 9.72 Å². The third-order valence-corrected chi connectivity index (χ3v) is 6.74. The minimum atomic E-state index is -0.139. The van der Waals surface area contributed by atoms with Gasteiger partial charge in [0.05, 0.1) is 18.7 Å². The predicted molar refractivity (Wildman–Crippen MR) is 115 cm³/mol. The van der Waals surface area contributed by atoms with Gasteiger partial charge < -0.3 is 15.4 Å². The SMILES string of the molecule is COC(=O)C1CCC(NC(=O)c2ccc(-c3nc4c(s3)CNCC4)cc2)CC1.Cl. The molecule has 1 aromatic carbocycles. The molecule has 0 radical (unpaired) electrons. The smallest absolute Gasteiger partial charge is 0.308 e. The third-order valence-electron chi connectivity index (χ3n) is 5.59. The minimum absolute atomic E-state index is 0. The molecule has 8 heteroatoms. The molecule has 2 N–H and O–H groups in total. The third kappa shape index (κ3) is 4.97. The van der Waals surface area contributed by atoms with Crippen molar-refractivity contribution in [1.82, 2.24) is 15.6 Å². The molecule has 0 bridgehead atoms. The highest BCUT2D eigenvalue weighted by atomic mass is 35.5. The number of methoxy groups -OCH3 is 1. The summed E-state index contributed by atoms with van der Waals surface area (Å²) in [5, 5.41) is 7.49. The van der Waals surface area contributed by atoms with Gasteiger partial charge in [0.15, 0.2) is 0 Å². The number of amides is 1. The molecule has 0 atom stereocenters. The van der Waals surface area contributed by atoms with Crippen molar-refractivity contribution >= 4 is 35.6 Å². The minimum Gasteiger partial charge on any atom is -0.469 e. The fraction of sp³-hybridized carbons (Fsp3) is 0.476. The molecule has 1 aliphatic carbocycles. The Labute approximate surface area is 180 Å². The first kappa shape index (κ1) is 21.7. The van der Waals surface area contributed by atoms with Crippen LogP contribution in [0.4, 0.5) is 0 Å². The zero-order chi connectivity index (χ0) is 19.5. The monoisotopic (exact) mass is 435 g/mol. The molecule has 1 amide bonds. The quantitative estimate of drug-likeness (QED) is 0.720. The molecule has 2 aromatic rings. The zero-order valence-electron chi connectivity index (χ0n) is 16.4. The van der Waals surface area contributed by atoms with E-state index in [0.29, 0.717) is 5.56 Å². The second-order valence-corrected chi connectivity index (χ2v) is 8.52. The van der Waals surface area contributed by atoms with E-state index in [1.165, 1.54) is 17.7 Å². The molecule has 0 unspecified atom stereocenters. The number of halogens is 1. The highest BCUT2D eigenvalue weighted by Gasteiger charge is 2.27. The summed E-state index contributed by atoms with van der Waals surface area (Å²) in [6.07, 6.45) is 4.12. The maximum absolute atomic E-state index is 12.6. The molecular formula is C21H26ClN3O3S. The normalized spacial score (nSPS) is 20.9. The van der Waals surface area contributed by atoms with E-state index in [0.717, 1.165) is 55.8 Å². The van der Waals surface area contributed by atoms with Gasteiger partial charge in [-0.25, -0.2) is 4.98 Å². The fourth-order valence-corrected chi connectivity index (χ4v) is 5.00. The number of aromatic nitrogens is 1. The molecule has 2 heterocycles. The molecule has 1 aliphatic heterocycles. The maximum atomic E-state index is 12.6. The van der Waals surface area contributed by atoms with E-state index in [-0.39, 0.29) is 36.2 Å². The topological polar surface area (TPSA) is 80.3 Å². The molecule has 156 valence electrons. The van der Waals surface area contributed by atoms with Crippen molar-refractivity contribution < 1.29 is 14.3 Å². The van der Waals surface area contributed by atoms with Gasteiger partial charge in [0, 0.05) is 41.6 Å². The molecule has 6 nitrogen and oxygen atoms in total. The first-order valence-electron chi connectivity index (χ1n) is 9.82. The van der Waals surface area contributed by atoms with E-state index in [1.807, 2.05) is 24.3 Å². The van der Waals surface area contributed by atoms with Crippen molar-refractivity contribution in [2.45, 2.75) is 44.7 Å². The van der Waals surface area contributed by atoms with Crippen LogP contribution in [0.2, 0.25) is 0 Å². The summed E-state index contributed by atoms with van der Waals surface area (Å²) < 4.78 is 4.82. The Hall–Kier alpha value is -1.96. The van der Waals surface area contributed by atoms with Crippen LogP contribution in [-0.4, -0.2) is 36.6 Å². The number of rotatable bonds is 4. The van der Waals surface area contributed by atoms with Crippen LogP contribution in [0.15, 0.2) is 24.3 Å². The van der Waals surface area contributed by atoms with Crippen molar-refractivity contribution in [2.75, 3.05) is 13.7 Å². The van der Waals surface area contributed by atoms with Crippen LogP contribution in [0.3, 0.4) is 0 Å². The summed E-state index contributed by atoms with van der Waals surface area (Å²) >= 11 is 1.72. The Balaban J connectivity index is 0.00000240. The van der Waals surface area contributed by atoms with E-state index in [2.05, 4.69) is 10.6 Å². The average Bonchev–Trinajstić information content (AvgIpc) is 3.18. The lowest BCUT2D eigenvalue weighted by Gasteiger charge is -2.27. The van der Waals surface area contributed by atoms with Gasteiger partial charge in [0.25, 0.3) is 5.91 Å². The number of ether oxygens (including phenoxy) is 1. The first-order chi connectivity index (χ1) is 13.6. The van der Waals surface area contributed by atoms with Crippen LogP contribution in [-0.2, 0) is 22.5 Å². The number of thiazole rings is 1. The van der Waals surface area contributed by atoms with Gasteiger partial charge in [-0.2, -0.15) is 0 Å². The number of hydrogen-bond acceptors (Lipinski definition) is 6. The number of carbonyl (C=O) groups is 2. The van der Waals surface area contributed by atoms with Gasteiger partial charge in [-0.15, -0.1) is 23.7 Å². The summed E-state index contributed by atoms with van der Waals surface area (Å²) in [6, 6.07) is 7.79. The number of nitrogens with one attached hydrogen (secondary N) is 2. The summed E-state index contributed by atoms with van der Waals surface area (Å²) in [5.41, 5.74) is 2.90. The first-order valence-corrected chi connectivity index (χ1v) is 10.6. The molecule has 0 saturated heterocycles. The molecule has 4 rings (SSSR count). The molecule has 29 heavy (non-hydrogen) atoms. The van der Waals surface area contributed by atoms with Crippen LogP contribution < -0.4 is 10.6 Å². The molecule has 1 aromatic heterocycles. The Kier molecular flexibility index (Phi) is 7.27. The van der Waals surface area contributed by atoms with E-state index >= 15 is 0 Å². The number of fused-ring (bicyclic) bond motifs is 1. The lowest BCUT2D eigenvalue weighted by atomic mass is 9.86. The lowest BCUT2D eigenvalue weighted by Crippen LogP contribution is -2.38. The fourth-order valence-electron chi connectivity index (χ4n) is 3.92. The molecule has 2 aliphatic rings. The van der Waals surface area contributed by atoms with Crippen molar-refractivity contribution in [3.05, 3.63) is 40.4 Å². The average molecular weight is 436 g/mol. The lowest BCUT2D eigenvalue weighted by molar-refractivity contribution is -0.146. The van der Waals surface area contributed by atoms with Gasteiger partial charge in [-0.05, 0) is 37.8 Å². The molecule has 1 fully saturated rings. The molecule has 0 spiro atoms. The van der Waals surface area contributed by atoms with Gasteiger partial charge in [-0.1, -0.05) is 12.1 Å². The molecular weight excluding hydrogens is 410 g/mol. The number of benzene rings is 1. The van der Waals surface area contributed by atoms with Crippen LogP contribution >= 0.6 is 23.7 Å². The number of esters is 1. The number of hydrogen-bond donors (Lipinski definition) is 2. The number of carbonyl (C=O) groups excluding carboxylic acids is 2. The summed E-state index contributed by atoms with van der Waals surface area (Å²) in [4.78, 5) is 30.2. The Bertz CT molecular complexity index is 837. The summed E-state index contributed by atoms with van der Waals surface area (Å²) in [7, 11) is 1.43. The van der Waals surface area contributed by atoms with E-state index < -0.39 is 0 Å². The highest BCUT2D eigenvalue weighted by Crippen LogP contribution is 2.30. The maximum Gasteiger partial charge on any atom is 0.308 e. The van der Waals surface area contributed by atoms with Gasteiger partial charge in [0.1, 0.15) is 5.01 Å². The van der Waals surface area contributed by atoms with Crippen molar-refractivity contribution in [3.63, 3.8) is 0 Å². The Morgan fingerprint density at radius 1 is 1.17 bits per heavy atom. The van der Waals surface area contributed by atoms with Crippen LogP contribution in [0.25, 0.3) is 10.6 Å². The van der Waals surface area contributed by atoms with Crippen molar-refractivity contribution in [3.8, 4) is 10.6 Å². The van der Waals surface area contributed by atoms with Gasteiger partial charge in [-0.3, -0.25) is 9.59 Å². The van der Waals surface area contributed by atoms with Gasteiger partial charge >= 0.3 is 5.97 Å². The standard InChI is InChI=1S/C21H25N3O3S.ClH/c1-27-21(26)15-6-8-16(9-7-15)23-19(25)13-2-4-14(5-3-13)20-24-17-10-11-22-12-18(17)28-20;/h2-5,15-16,22H,6-12H2,1H3,(H,23,25);1H. The predicted octanol–water partition coefficient (Wildman–Crippen LogP) is 3.34. The molecule has 1 saturated carbocycles. The second-order valence-electron chi connectivity index (χ2n) is 7.44. The zero-order valence-corrected chi connectivity index (χ0v) is 18.0. The Morgan fingerprint density at radius 2 is 1.90 bits per heavy atom. The largest absolute Gasteiger partial charge is 0.469 e. The van der Waals surface area contributed by atoms with E-state index in [1.54, 1.807) is 11.3 Å². The Morgan fingerprint density at radius 3 is 2.55 bits per heavy atom. The summed E-state index contributed by atoms with van der Waals surface area (Å²) in [5.74, 6) is -0.229. The second kappa shape index (κ2) is 9.69. The van der Waals surface area contributed by atoms with Crippen molar-refractivity contribution in [2.24, 2.45) is 5.92 Å². The highest BCUT2D eigenvalue weighted by molar-refractivity contribution is 7.15.